The Bertz CT molecular complexity index is 817. The van der Waals surface area contributed by atoms with Crippen molar-refractivity contribution in [2.45, 2.75) is 26.8 Å². The second-order valence-corrected chi connectivity index (χ2v) is 6.38. The predicted molar refractivity (Wildman–Crippen MR) is 105 cm³/mol. The van der Waals surface area contributed by atoms with Crippen molar-refractivity contribution in [2.75, 3.05) is 34.5 Å². The van der Waals surface area contributed by atoms with E-state index in [2.05, 4.69) is 4.57 Å². The molecule has 2 rings (SSSR count). The lowest BCUT2D eigenvalue weighted by Crippen LogP contribution is -2.15. The Morgan fingerprint density at radius 3 is 2.18 bits per heavy atom. The lowest BCUT2D eigenvalue weighted by molar-refractivity contribution is 0.0474. The van der Waals surface area contributed by atoms with E-state index in [1.807, 2.05) is 19.9 Å². The molecule has 0 saturated carbocycles. The molecule has 7 nitrogen and oxygen atoms in total. The van der Waals surface area contributed by atoms with Crippen molar-refractivity contribution in [3.8, 4) is 11.5 Å². The van der Waals surface area contributed by atoms with Crippen LogP contribution < -0.4 is 9.47 Å². The van der Waals surface area contributed by atoms with Gasteiger partial charge in [-0.15, -0.1) is 0 Å². The highest BCUT2D eigenvalue weighted by molar-refractivity contribution is 6.00. The van der Waals surface area contributed by atoms with Crippen LogP contribution in [0.4, 0.5) is 0 Å². The maximum atomic E-state index is 12.6. The van der Waals surface area contributed by atoms with Crippen LogP contribution in [0.15, 0.2) is 24.3 Å². The molecule has 0 spiro atoms. The topological polar surface area (TPSA) is 76.0 Å². The summed E-state index contributed by atoms with van der Waals surface area (Å²) < 4.78 is 22.7. The molecule has 28 heavy (non-hydrogen) atoms. The minimum Gasteiger partial charge on any atom is -0.497 e. The molecule has 1 heterocycles. The summed E-state index contributed by atoms with van der Waals surface area (Å²) in [5.74, 6) is 0.0863. The molecular weight excluding hydrogens is 362 g/mol. The van der Waals surface area contributed by atoms with Crippen LogP contribution in [0.3, 0.4) is 0 Å². The monoisotopic (exact) mass is 389 g/mol. The fourth-order valence-electron chi connectivity index (χ4n) is 3.01. The summed E-state index contributed by atoms with van der Waals surface area (Å²) in [6.45, 7) is 4.93. The highest BCUT2D eigenvalue weighted by Crippen LogP contribution is 2.23. The van der Waals surface area contributed by atoms with E-state index in [1.165, 1.54) is 26.4 Å². The molecule has 0 aliphatic carbocycles. The molecule has 0 aliphatic heterocycles. The summed E-state index contributed by atoms with van der Waals surface area (Å²) >= 11 is 0. The van der Waals surface area contributed by atoms with Crippen LogP contribution in [0.1, 0.15) is 38.5 Å². The minimum atomic E-state index is -0.612. The first-order chi connectivity index (χ1) is 13.4. The third kappa shape index (κ3) is 5.13. The lowest BCUT2D eigenvalue weighted by atomic mass is 10.1. The quantitative estimate of drug-likeness (QED) is 0.353. The van der Waals surface area contributed by atoms with Crippen molar-refractivity contribution < 1.29 is 28.5 Å². The number of carbonyl (C=O) groups is 2. The third-order valence-corrected chi connectivity index (χ3v) is 4.53. The van der Waals surface area contributed by atoms with Crippen molar-refractivity contribution in [3.63, 3.8) is 0 Å². The zero-order valence-electron chi connectivity index (χ0n) is 17.0. The average Bonchev–Trinajstić information content (AvgIpc) is 2.99. The van der Waals surface area contributed by atoms with Gasteiger partial charge in [-0.25, -0.2) is 4.79 Å². The molecule has 0 saturated heterocycles. The fourth-order valence-corrected chi connectivity index (χ4v) is 3.01. The highest BCUT2D eigenvalue weighted by atomic mass is 16.5. The van der Waals surface area contributed by atoms with Crippen LogP contribution in [0, 0.1) is 13.8 Å². The van der Waals surface area contributed by atoms with E-state index in [1.54, 1.807) is 13.2 Å². The first kappa shape index (κ1) is 21.5. The summed E-state index contributed by atoms with van der Waals surface area (Å²) in [6.07, 6.45) is 0.854. The van der Waals surface area contributed by atoms with Crippen LogP contribution in [0.25, 0.3) is 0 Å². The molecule has 0 aliphatic rings. The molecule has 0 amide bonds. The van der Waals surface area contributed by atoms with Gasteiger partial charge in [0, 0.05) is 43.3 Å². The Balaban J connectivity index is 2.06. The largest absolute Gasteiger partial charge is 0.497 e. The van der Waals surface area contributed by atoms with E-state index in [4.69, 9.17) is 18.9 Å². The SMILES string of the molecule is COCCCn1c(C)cc(C(=O)COC(=O)c2cc(OC)cc(OC)c2)c1C. The zero-order chi connectivity index (χ0) is 20.7. The summed E-state index contributed by atoms with van der Waals surface area (Å²) in [5, 5.41) is 0. The van der Waals surface area contributed by atoms with Gasteiger partial charge in [0.2, 0.25) is 5.78 Å². The van der Waals surface area contributed by atoms with Crippen LogP contribution >= 0.6 is 0 Å². The van der Waals surface area contributed by atoms with Crippen molar-refractivity contribution >= 4 is 11.8 Å². The van der Waals surface area contributed by atoms with E-state index in [-0.39, 0.29) is 18.0 Å². The fraction of sp³-hybridized carbons (Fsp3) is 0.429. The second-order valence-electron chi connectivity index (χ2n) is 6.38. The average molecular weight is 389 g/mol. The van der Waals surface area contributed by atoms with E-state index in [0.717, 1.165) is 24.4 Å². The first-order valence-electron chi connectivity index (χ1n) is 9.00. The number of Topliss-reactive ketones (excluding diaryl/α,β-unsaturated/α-hetero) is 1. The number of methoxy groups -OCH3 is 3. The van der Waals surface area contributed by atoms with E-state index in [9.17, 15) is 9.59 Å². The van der Waals surface area contributed by atoms with Gasteiger partial charge in [0.15, 0.2) is 6.61 Å². The highest BCUT2D eigenvalue weighted by Gasteiger charge is 2.18. The molecule has 7 heteroatoms. The molecule has 2 aromatic rings. The van der Waals surface area contributed by atoms with Gasteiger partial charge < -0.3 is 23.5 Å². The first-order valence-corrected chi connectivity index (χ1v) is 9.00. The molecule has 1 aromatic carbocycles. The lowest BCUT2D eigenvalue weighted by Gasteiger charge is -2.10. The Hall–Kier alpha value is -2.80. The summed E-state index contributed by atoms with van der Waals surface area (Å²) in [5.41, 5.74) is 2.67. The summed E-state index contributed by atoms with van der Waals surface area (Å²) in [7, 11) is 4.65. The number of aromatic nitrogens is 1. The maximum absolute atomic E-state index is 12.6. The molecule has 0 radical (unpaired) electrons. The van der Waals surface area contributed by atoms with Crippen LogP contribution in [0.2, 0.25) is 0 Å². The number of ether oxygens (including phenoxy) is 4. The predicted octanol–water partition coefficient (Wildman–Crippen LogP) is 3.20. The molecule has 0 bridgehead atoms. The number of aryl methyl sites for hydroxylation is 1. The number of carbonyl (C=O) groups excluding carboxylic acids is 2. The van der Waals surface area contributed by atoms with Crippen LogP contribution in [-0.2, 0) is 16.0 Å². The van der Waals surface area contributed by atoms with Crippen molar-refractivity contribution in [1.82, 2.24) is 4.57 Å². The Morgan fingerprint density at radius 2 is 1.61 bits per heavy atom. The van der Waals surface area contributed by atoms with Gasteiger partial charge in [-0.05, 0) is 38.5 Å². The third-order valence-electron chi connectivity index (χ3n) is 4.53. The number of benzene rings is 1. The number of hydrogen-bond donors (Lipinski definition) is 0. The van der Waals surface area contributed by atoms with E-state index >= 15 is 0 Å². The number of rotatable bonds is 10. The van der Waals surface area contributed by atoms with Crippen LogP contribution in [-0.4, -0.2) is 50.9 Å². The molecule has 152 valence electrons. The van der Waals surface area contributed by atoms with Gasteiger partial charge in [-0.1, -0.05) is 0 Å². The van der Waals surface area contributed by atoms with Crippen molar-refractivity contribution in [3.05, 3.63) is 46.8 Å². The Kier molecular flexibility index (Phi) is 7.63. The van der Waals surface area contributed by atoms with Crippen molar-refractivity contribution in [2.24, 2.45) is 0 Å². The minimum absolute atomic E-state index is 0.241. The van der Waals surface area contributed by atoms with Gasteiger partial charge in [0.05, 0.1) is 19.8 Å². The van der Waals surface area contributed by atoms with Crippen LogP contribution in [0.5, 0.6) is 11.5 Å². The van der Waals surface area contributed by atoms with Gasteiger partial charge in [-0.3, -0.25) is 4.79 Å². The Morgan fingerprint density at radius 1 is 0.964 bits per heavy atom. The number of nitrogens with zero attached hydrogens (tertiary/aromatic N) is 1. The second kappa shape index (κ2) is 9.94. The van der Waals surface area contributed by atoms with Crippen molar-refractivity contribution in [1.29, 1.82) is 0 Å². The molecular formula is C21H27NO6. The van der Waals surface area contributed by atoms with E-state index < -0.39 is 5.97 Å². The normalized spacial score (nSPS) is 10.6. The number of ketones is 1. The molecule has 1 aromatic heterocycles. The number of esters is 1. The zero-order valence-corrected chi connectivity index (χ0v) is 17.0. The summed E-state index contributed by atoms with van der Waals surface area (Å²) in [4.78, 5) is 24.9. The van der Waals surface area contributed by atoms with Gasteiger partial charge in [-0.2, -0.15) is 0 Å². The van der Waals surface area contributed by atoms with Gasteiger partial charge in [0.25, 0.3) is 0 Å². The Labute approximate surface area is 165 Å². The molecule has 0 N–H and O–H groups in total. The van der Waals surface area contributed by atoms with Gasteiger partial charge >= 0.3 is 5.97 Å². The maximum Gasteiger partial charge on any atom is 0.338 e. The molecule has 0 fully saturated rings. The number of hydrogen-bond acceptors (Lipinski definition) is 6. The van der Waals surface area contributed by atoms with Gasteiger partial charge in [0.1, 0.15) is 11.5 Å². The standard InChI is InChI=1S/C21H27NO6/c1-14-9-19(15(2)22(14)7-6-8-25-3)20(23)13-28-21(24)16-10-17(26-4)12-18(11-16)27-5/h9-12H,6-8,13H2,1-5H3. The van der Waals surface area contributed by atoms with E-state index in [0.29, 0.717) is 23.7 Å². The smallest absolute Gasteiger partial charge is 0.338 e. The molecule has 0 atom stereocenters. The summed E-state index contributed by atoms with van der Waals surface area (Å²) in [6, 6.07) is 6.56. The molecule has 0 unspecified atom stereocenters.